The lowest BCUT2D eigenvalue weighted by Gasteiger charge is -2.22. The SMILES string of the molecule is COc1cc(C)ccc1-c1noc(C2CCC(O)CC2)n1. The average molecular weight is 288 g/mol. The molecular weight excluding hydrogens is 268 g/mol. The molecule has 0 unspecified atom stereocenters. The first-order valence-corrected chi connectivity index (χ1v) is 7.34. The van der Waals surface area contributed by atoms with Crippen LogP contribution in [0, 0.1) is 6.92 Å². The summed E-state index contributed by atoms with van der Waals surface area (Å²) in [6, 6.07) is 5.92. The summed E-state index contributed by atoms with van der Waals surface area (Å²) in [5.74, 6) is 2.24. The second kappa shape index (κ2) is 5.85. The molecule has 0 saturated heterocycles. The van der Waals surface area contributed by atoms with E-state index in [1.807, 2.05) is 25.1 Å². The van der Waals surface area contributed by atoms with E-state index in [4.69, 9.17) is 9.26 Å². The molecule has 5 heteroatoms. The minimum atomic E-state index is -0.180. The number of aromatic nitrogens is 2. The van der Waals surface area contributed by atoms with Crippen LogP contribution in [0.15, 0.2) is 22.7 Å². The van der Waals surface area contributed by atoms with Crippen LogP contribution in [-0.4, -0.2) is 28.5 Å². The fourth-order valence-corrected chi connectivity index (χ4v) is 2.82. The Hall–Kier alpha value is -1.88. The number of hydrogen-bond acceptors (Lipinski definition) is 5. The van der Waals surface area contributed by atoms with Crippen LogP contribution in [0.3, 0.4) is 0 Å². The van der Waals surface area contributed by atoms with Crippen LogP contribution in [-0.2, 0) is 0 Å². The predicted octanol–water partition coefficient (Wildman–Crippen LogP) is 3.07. The molecule has 0 aliphatic heterocycles. The van der Waals surface area contributed by atoms with E-state index in [2.05, 4.69) is 10.1 Å². The first-order chi connectivity index (χ1) is 10.2. The van der Waals surface area contributed by atoms with Crippen molar-refractivity contribution >= 4 is 0 Å². The summed E-state index contributed by atoms with van der Waals surface area (Å²) in [7, 11) is 1.64. The number of benzene rings is 1. The first kappa shape index (κ1) is 14.1. The first-order valence-electron chi connectivity index (χ1n) is 7.34. The van der Waals surface area contributed by atoms with Gasteiger partial charge in [-0.15, -0.1) is 0 Å². The van der Waals surface area contributed by atoms with Crippen molar-refractivity contribution in [2.45, 2.75) is 44.6 Å². The molecule has 0 amide bonds. The summed E-state index contributed by atoms with van der Waals surface area (Å²) < 4.78 is 10.8. The fraction of sp³-hybridized carbons (Fsp3) is 0.500. The molecule has 1 heterocycles. The topological polar surface area (TPSA) is 68.4 Å². The molecule has 1 saturated carbocycles. The van der Waals surface area contributed by atoms with E-state index in [1.165, 1.54) is 0 Å². The number of nitrogens with zero attached hydrogens (tertiary/aromatic N) is 2. The van der Waals surface area contributed by atoms with Gasteiger partial charge in [-0.05, 0) is 50.3 Å². The lowest BCUT2D eigenvalue weighted by atomic mass is 9.87. The summed E-state index contributed by atoms with van der Waals surface area (Å²) in [6.45, 7) is 2.02. The number of methoxy groups -OCH3 is 1. The molecule has 1 aliphatic carbocycles. The highest BCUT2D eigenvalue weighted by Gasteiger charge is 2.26. The van der Waals surface area contributed by atoms with E-state index >= 15 is 0 Å². The largest absolute Gasteiger partial charge is 0.496 e. The van der Waals surface area contributed by atoms with Crippen molar-refractivity contribution in [2.24, 2.45) is 0 Å². The quantitative estimate of drug-likeness (QED) is 0.940. The molecule has 1 aromatic carbocycles. The Bertz CT molecular complexity index is 616. The summed E-state index contributed by atoms with van der Waals surface area (Å²) in [6.07, 6.45) is 3.22. The van der Waals surface area contributed by atoms with Gasteiger partial charge < -0.3 is 14.4 Å². The summed E-state index contributed by atoms with van der Waals surface area (Å²) >= 11 is 0. The van der Waals surface area contributed by atoms with Crippen LogP contribution in [0.25, 0.3) is 11.4 Å². The highest BCUT2D eigenvalue weighted by molar-refractivity contribution is 5.64. The molecule has 0 spiro atoms. The van der Waals surface area contributed by atoms with E-state index in [0.717, 1.165) is 42.6 Å². The van der Waals surface area contributed by atoms with E-state index in [0.29, 0.717) is 11.7 Å². The van der Waals surface area contributed by atoms with Crippen LogP contribution in [0.2, 0.25) is 0 Å². The van der Waals surface area contributed by atoms with Crippen molar-refractivity contribution in [3.63, 3.8) is 0 Å². The van der Waals surface area contributed by atoms with Crippen molar-refractivity contribution in [2.75, 3.05) is 7.11 Å². The van der Waals surface area contributed by atoms with Gasteiger partial charge in [0.2, 0.25) is 11.7 Å². The highest BCUT2D eigenvalue weighted by atomic mass is 16.5. The number of aliphatic hydroxyl groups is 1. The minimum absolute atomic E-state index is 0.180. The standard InChI is InChI=1S/C16H20N2O3/c1-10-3-8-13(14(9-10)20-2)15-17-16(21-18-15)11-4-6-12(19)7-5-11/h3,8-9,11-12,19H,4-7H2,1-2H3. The van der Waals surface area contributed by atoms with E-state index < -0.39 is 0 Å². The Morgan fingerprint density at radius 2 is 2.00 bits per heavy atom. The zero-order valence-electron chi connectivity index (χ0n) is 12.4. The lowest BCUT2D eigenvalue weighted by molar-refractivity contribution is 0.116. The molecule has 112 valence electrons. The molecule has 1 aliphatic rings. The van der Waals surface area contributed by atoms with E-state index in [1.54, 1.807) is 7.11 Å². The van der Waals surface area contributed by atoms with Crippen LogP contribution in [0.4, 0.5) is 0 Å². The second-order valence-electron chi connectivity index (χ2n) is 5.67. The molecule has 0 bridgehead atoms. The number of ether oxygens (including phenoxy) is 1. The highest BCUT2D eigenvalue weighted by Crippen LogP contribution is 2.34. The lowest BCUT2D eigenvalue weighted by Crippen LogP contribution is -2.17. The Kier molecular flexibility index (Phi) is 3.92. The fourth-order valence-electron chi connectivity index (χ4n) is 2.82. The van der Waals surface area contributed by atoms with Crippen LogP contribution in [0.5, 0.6) is 5.75 Å². The zero-order chi connectivity index (χ0) is 14.8. The Morgan fingerprint density at radius 1 is 1.24 bits per heavy atom. The van der Waals surface area contributed by atoms with E-state index in [9.17, 15) is 5.11 Å². The maximum Gasteiger partial charge on any atom is 0.230 e. The van der Waals surface area contributed by atoms with Gasteiger partial charge in [0.25, 0.3) is 0 Å². The van der Waals surface area contributed by atoms with Gasteiger partial charge in [-0.25, -0.2) is 0 Å². The van der Waals surface area contributed by atoms with E-state index in [-0.39, 0.29) is 12.0 Å². The second-order valence-corrected chi connectivity index (χ2v) is 5.67. The molecule has 21 heavy (non-hydrogen) atoms. The molecule has 2 aromatic rings. The van der Waals surface area contributed by atoms with Crippen molar-refractivity contribution in [3.8, 4) is 17.1 Å². The monoisotopic (exact) mass is 288 g/mol. The van der Waals surface area contributed by atoms with Gasteiger partial charge in [-0.3, -0.25) is 0 Å². The maximum atomic E-state index is 9.57. The molecule has 0 atom stereocenters. The van der Waals surface area contributed by atoms with Crippen molar-refractivity contribution < 1.29 is 14.4 Å². The third-order valence-corrected chi connectivity index (χ3v) is 4.09. The molecule has 1 aromatic heterocycles. The Morgan fingerprint density at radius 3 is 2.71 bits per heavy atom. The van der Waals surface area contributed by atoms with Gasteiger partial charge in [0, 0.05) is 5.92 Å². The van der Waals surface area contributed by atoms with Gasteiger partial charge in [0.15, 0.2) is 0 Å². The third kappa shape index (κ3) is 2.93. The number of hydrogen-bond donors (Lipinski definition) is 1. The van der Waals surface area contributed by atoms with Gasteiger partial charge in [-0.1, -0.05) is 11.2 Å². The molecule has 1 fully saturated rings. The van der Waals surface area contributed by atoms with Gasteiger partial charge >= 0.3 is 0 Å². The molecule has 5 nitrogen and oxygen atoms in total. The van der Waals surface area contributed by atoms with Crippen LogP contribution < -0.4 is 4.74 Å². The molecule has 3 rings (SSSR count). The molecule has 1 N–H and O–H groups in total. The zero-order valence-corrected chi connectivity index (χ0v) is 12.4. The molecule has 0 radical (unpaired) electrons. The number of rotatable bonds is 3. The number of aryl methyl sites for hydroxylation is 1. The Labute approximate surface area is 123 Å². The normalized spacial score (nSPS) is 22.2. The van der Waals surface area contributed by atoms with Gasteiger partial charge in [0.1, 0.15) is 5.75 Å². The third-order valence-electron chi connectivity index (χ3n) is 4.09. The summed E-state index contributed by atoms with van der Waals surface area (Å²) in [4.78, 5) is 4.53. The van der Waals surface area contributed by atoms with Crippen LogP contribution >= 0.6 is 0 Å². The average Bonchev–Trinajstić information content (AvgIpc) is 2.97. The van der Waals surface area contributed by atoms with Crippen molar-refractivity contribution in [3.05, 3.63) is 29.7 Å². The van der Waals surface area contributed by atoms with Gasteiger partial charge in [0.05, 0.1) is 18.8 Å². The summed E-state index contributed by atoms with van der Waals surface area (Å²) in [5, 5.41) is 13.7. The Balaban J connectivity index is 1.85. The van der Waals surface area contributed by atoms with Crippen molar-refractivity contribution in [1.29, 1.82) is 0 Å². The summed E-state index contributed by atoms with van der Waals surface area (Å²) in [5.41, 5.74) is 1.97. The minimum Gasteiger partial charge on any atom is -0.496 e. The smallest absolute Gasteiger partial charge is 0.230 e. The van der Waals surface area contributed by atoms with Gasteiger partial charge in [-0.2, -0.15) is 4.98 Å². The van der Waals surface area contributed by atoms with Crippen LogP contribution in [0.1, 0.15) is 43.1 Å². The molecular formula is C16H20N2O3. The maximum absolute atomic E-state index is 9.57. The number of aliphatic hydroxyl groups excluding tert-OH is 1. The predicted molar refractivity (Wildman–Crippen MR) is 78.2 cm³/mol. The van der Waals surface area contributed by atoms with Crippen molar-refractivity contribution in [1.82, 2.24) is 10.1 Å².